The van der Waals surface area contributed by atoms with Crippen molar-refractivity contribution in [1.82, 2.24) is 10.2 Å². The molecule has 0 bridgehead atoms. The molecule has 3 nitrogen and oxygen atoms in total. The topological polar surface area (TPSA) is 35.5 Å². The van der Waals surface area contributed by atoms with Crippen LogP contribution < -0.4 is 5.32 Å². The number of likely N-dealkylation sites (tertiary alicyclic amines) is 1. The van der Waals surface area contributed by atoms with Gasteiger partial charge < -0.3 is 15.3 Å². The molecule has 1 atom stereocenters. The summed E-state index contributed by atoms with van der Waals surface area (Å²) < 4.78 is 0. The summed E-state index contributed by atoms with van der Waals surface area (Å²) in [5.41, 5.74) is -0.416. The molecule has 0 aromatic heterocycles. The molecule has 0 radical (unpaired) electrons. The van der Waals surface area contributed by atoms with Crippen molar-refractivity contribution in [3.63, 3.8) is 0 Å². The first-order valence-corrected chi connectivity index (χ1v) is 6.87. The third-order valence-electron chi connectivity index (χ3n) is 4.23. The van der Waals surface area contributed by atoms with Gasteiger partial charge in [-0.15, -0.1) is 0 Å². The standard InChI is InChI=1S/C13H26N2O/c1-2-12-4-3-9-15(10-12)11-13(16)5-7-14-8-6-13/h12,14,16H,2-11H2,1H3. The molecule has 2 fully saturated rings. The third-order valence-corrected chi connectivity index (χ3v) is 4.23. The zero-order chi connectivity index (χ0) is 11.4. The van der Waals surface area contributed by atoms with E-state index in [0.29, 0.717) is 0 Å². The number of β-amino-alcohol motifs (C(OH)–C–C–N with tert-alkyl or cyclic N) is 1. The lowest BCUT2D eigenvalue weighted by Gasteiger charge is -2.40. The molecule has 16 heavy (non-hydrogen) atoms. The van der Waals surface area contributed by atoms with Gasteiger partial charge in [0.15, 0.2) is 0 Å². The summed E-state index contributed by atoms with van der Waals surface area (Å²) in [6.07, 6.45) is 5.82. The molecule has 2 aliphatic rings. The van der Waals surface area contributed by atoms with E-state index in [1.54, 1.807) is 0 Å². The van der Waals surface area contributed by atoms with Crippen LogP contribution in [0.1, 0.15) is 39.0 Å². The maximum Gasteiger partial charge on any atom is 0.0798 e. The summed E-state index contributed by atoms with van der Waals surface area (Å²) in [6, 6.07) is 0. The first-order valence-electron chi connectivity index (χ1n) is 6.87. The van der Waals surface area contributed by atoms with Crippen molar-refractivity contribution in [1.29, 1.82) is 0 Å². The molecule has 0 aromatic carbocycles. The second-order valence-electron chi connectivity index (χ2n) is 5.63. The third kappa shape index (κ3) is 3.19. The van der Waals surface area contributed by atoms with E-state index in [-0.39, 0.29) is 0 Å². The van der Waals surface area contributed by atoms with Crippen molar-refractivity contribution in [3.8, 4) is 0 Å². The number of hydrogen-bond acceptors (Lipinski definition) is 3. The van der Waals surface area contributed by atoms with Gasteiger partial charge in [0, 0.05) is 13.1 Å². The van der Waals surface area contributed by atoms with Gasteiger partial charge >= 0.3 is 0 Å². The number of aliphatic hydroxyl groups is 1. The molecule has 94 valence electrons. The lowest BCUT2D eigenvalue weighted by atomic mass is 9.89. The van der Waals surface area contributed by atoms with E-state index >= 15 is 0 Å². The second kappa shape index (κ2) is 5.48. The highest BCUT2D eigenvalue weighted by molar-refractivity contribution is 4.88. The Morgan fingerprint density at radius 2 is 2.12 bits per heavy atom. The van der Waals surface area contributed by atoms with E-state index in [9.17, 15) is 5.11 Å². The fourth-order valence-electron chi connectivity index (χ4n) is 3.09. The molecule has 0 aliphatic carbocycles. The predicted octanol–water partition coefficient (Wildman–Crippen LogP) is 1.22. The smallest absolute Gasteiger partial charge is 0.0798 e. The Morgan fingerprint density at radius 1 is 1.38 bits per heavy atom. The molecule has 2 N–H and O–H groups in total. The molecule has 3 heteroatoms. The Labute approximate surface area is 99.2 Å². The molecule has 2 saturated heterocycles. The van der Waals surface area contributed by atoms with Crippen LogP contribution in [0, 0.1) is 5.92 Å². The van der Waals surface area contributed by atoms with Crippen molar-refractivity contribution >= 4 is 0 Å². The normalized spacial score (nSPS) is 31.5. The highest BCUT2D eigenvalue weighted by Crippen LogP contribution is 2.24. The maximum atomic E-state index is 10.5. The Hall–Kier alpha value is -0.120. The summed E-state index contributed by atoms with van der Waals surface area (Å²) in [7, 11) is 0. The summed E-state index contributed by atoms with van der Waals surface area (Å²) in [6.45, 7) is 7.51. The molecule has 1 unspecified atom stereocenters. The SMILES string of the molecule is CCC1CCCN(CC2(O)CCNCC2)C1. The Bertz CT molecular complexity index is 214. The molecule has 2 rings (SSSR count). The molecule has 0 saturated carbocycles. The van der Waals surface area contributed by atoms with E-state index in [4.69, 9.17) is 0 Å². The van der Waals surface area contributed by atoms with E-state index < -0.39 is 5.60 Å². The van der Waals surface area contributed by atoms with Crippen molar-refractivity contribution in [3.05, 3.63) is 0 Å². The van der Waals surface area contributed by atoms with Crippen LogP contribution in [0.3, 0.4) is 0 Å². The molecule has 0 spiro atoms. The van der Waals surface area contributed by atoms with Crippen molar-refractivity contribution < 1.29 is 5.11 Å². The minimum absolute atomic E-state index is 0.416. The van der Waals surface area contributed by atoms with E-state index in [2.05, 4.69) is 17.1 Å². The summed E-state index contributed by atoms with van der Waals surface area (Å²) in [5.74, 6) is 0.860. The van der Waals surface area contributed by atoms with Crippen LogP contribution in [0.25, 0.3) is 0 Å². The van der Waals surface area contributed by atoms with E-state index in [1.165, 1.54) is 32.4 Å². The number of nitrogens with one attached hydrogen (secondary N) is 1. The van der Waals surface area contributed by atoms with Gasteiger partial charge in [-0.3, -0.25) is 0 Å². The van der Waals surface area contributed by atoms with Crippen LogP contribution >= 0.6 is 0 Å². The van der Waals surface area contributed by atoms with Gasteiger partial charge in [0.25, 0.3) is 0 Å². The first kappa shape index (κ1) is 12.3. The lowest BCUT2D eigenvalue weighted by Crippen LogP contribution is -2.51. The Balaban J connectivity index is 1.83. The van der Waals surface area contributed by atoms with Crippen LogP contribution in [-0.2, 0) is 0 Å². The molecular formula is C13H26N2O. The molecule has 0 amide bonds. The van der Waals surface area contributed by atoms with Gasteiger partial charge in [-0.25, -0.2) is 0 Å². The number of hydrogen-bond donors (Lipinski definition) is 2. The van der Waals surface area contributed by atoms with Crippen LogP contribution in [0.4, 0.5) is 0 Å². The average molecular weight is 226 g/mol. The zero-order valence-corrected chi connectivity index (χ0v) is 10.5. The van der Waals surface area contributed by atoms with Gasteiger partial charge in [0.1, 0.15) is 0 Å². The summed E-state index contributed by atoms with van der Waals surface area (Å²) >= 11 is 0. The molecular weight excluding hydrogens is 200 g/mol. The maximum absolute atomic E-state index is 10.5. The highest BCUT2D eigenvalue weighted by atomic mass is 16.3. The monoisotopic (exact) mass is 226 g/mol. The Morgan fingerprint density at radius 3 is 2.81 bits per heavy atom. The van der Waals surface area contributed by atoms with Crippen LogP contribution in [-0.4, -0.2) is 48.3 Å². The quantitative estimate of drug-likeness (QED) is 0.759. The van der Waals surface area contributed by atoms with Gasteiger partial charge in [0.05, 0.1) is 5.60 Å². The summed E-state index contributed by atoms with van der Waals surface area (Å²) in [4.78, 5) is 2.49. The number of rotatable bonds is 3. The van der Waals surface area contributed by atoms with Crippen molar-refractivity contribution in [2.75, 3.05) is 32.7 Å². The van der Waals surface area contributed by atoms with Gasteiger partial charge in [-0.05, 0) is 51.2 Å². The molecule has 2 aliphatic heterocycles. The van der Waals surface area contributed by atoms with E-state index in [0.717, 1.165) is 38.4 Å². The zero-order valence-electron chi connectivity index (χ0n) is 10.5. The number of piperidine rings is 2. The fraction of sp³-hybridized carbons (Fsp3) is 1.00. The van der Waals surface area contributed by atoms with E-state index in [1.807, 2.05) is 0 Å². The van der Waals surface area contributed by atoms with Crippen LogP contribution in [0.15, 0.2) is 0 Å². The van der Waals surface area contributed by atoms with Crippen LogP contribution in [0.2, 0.25) is 0 Å². The first-order chi connectivity index (χ1) is 7.72. The number of nitrogens with zero attached hydrogens (tertiary/aromatic N) is 1. The predicted molar refractivity (Wildman–Crippen MR) is 66.5 cm³/mol. The van der Waals surface area contributed by atoms with Gasteiger partial charge in [-0.1, -0.05) is 13.3 Å². The van der Waals surface area contributed by atoms with Gasteiger partial charge in [0.2, 0.25) is 0 Å². The second-order valence-corrected chi connectivity index (χ2v) is 5.63. The average Bonchev–Trinajstić information content (AvgIpc) is 2.29. The van der Waals surface area contributed by atoms with Gasteiger partial charge in [-0.2, -0.15) is 0 Å². The Kier molecular flexibility index (Phi) is 4.22. The minimum Gasteiger partial charge on any atom is -0.388 e. The van der Waals surface area contributed by atoms with Crippen LogP contribution in [0.5, 0.6) is 0 Å². The lowest BCUT2D eigenvalue weighted by molar-refractivity contribution is -0.0296. The largest absolute Gasteiger partial charge is 0.388 e. The minimum atomic E-state index is -0.416. The fourth-order valence-corrected chi connectivity index (χ4v) is 3.09. The summed E-state index contributed by atoms with van der Waals surface area (Å²) in [5, 5.41) is 13.8. The molecule has 2 heterocycles. The van der Waals surface area contributed by atoms with Crippen molar-refractivity contribution in [2.24, 2.45) is 5.92 Å². The molecule has 0 aromatic rings. The van der Waals surface area contributed by atoms with Crippen molar-refractivity contribution in [2.45, 2.75) is 44.6 Å². The highest BCUT2D eigenvalue weighted by Gasteiger charge is 2.32.